The highest BCUT2D eigenvalue weighted by Crippen LogP contribution is 2.42. The normalized spacial score (nSPS) is 19.0. The van der Waals surface area contributed by atoms with Crippen LogP contribution in [-0.4, -0.2) is 23.6 Å². The molecule has 5 nitrogen and oxygen atoms in total. The van der Waals surface area contributed by atoms with Crippen LogP contribution < -0.4 is 10.8 Å². The molecule has 1 aliphatic rings. The third kappa shape index (κ3) is 4.40. The molecule has 0 spiro atoms. The standard InChI is InChI=1S/C20H16F7N3O2/c1-10(2)18(20(25,26)27)29-16(30-32-18)11-3-8-14(15(21)9-11)17(31)28-13-6-4-12(5-7-13)19(22,23)24/h3-10H,1-2H3,(H,28,31)(H,29,30). The van der Waals surface area contributed by atoms with Gasteiger partial charge in [0.05, 0.1) is 11.1 Å². The third-order valence-corrected chi connectivity index (χ3v) is 4.73. The molecular formula is C20H16F7N3O2. The topological polar surface area (TPSA) is 62.7 Å². The van der Waals surface area contributed by atoms with Gasteiger partial charge in [-0.3, -0.25) is 4.79 Å². The summed E-state index contributed by atoms with van der Waals surface area (Å²) >= 11 is 0. The van der Waals surface area contributed by atoms with Crippen molar-refractivity contribution in [1.82, 2.24) is 5.48 Å². The number of halogens is 7. The Hall–Kier alpha value is -3.15. The van der Waals surface area contributed by atoms with Crippen molar-refractivity contribution in [3.8, 4) is 0 Å². The van der Waals surface area contributed by atoms with Crippen molar-refractivity contribution in [3.05, 3.63) is 65.0 Å². The van der Waals surface area contributed by atoms with Crippen LogP contribution in [0.3, 0.4) is 0 Å². The number of amides is 1. The van der Waals surface area contributed by atoms with Gasteiger partial charge in [-0.25, -0.2) is 19.7 Å². The van der Waals surface area contributed by atoms with E-state index in [9.17, 15) is 35.5 Å². The molecule has 2 aromatic rings. The lowest BCUT2D eigenvalue weighted by Crippen LogP contribution is -2.49. The number of aliphatic imine (C=N–C) groups is 1. The number of nitrogens with one attached hydrogen (secondary N) is 2. The highest BCUT2D eigenvalue weighted by molar-refractivity contribution is 6.06. The van der Waals surface area contributed by atoms with Gasteiger partial charge < -0.3 is 5.32 Å². The maximum Gasteiger partial charge on any atom is 0.441 e. The van der Waals surface area contributed by atoms with Gasteiger partial charge in [-0.15, -0.1) is 0 Å². The summed E-state index contributed by atoms with van der Waals surface area (Å²) in [6, 6.07) is 6.48. The van der Waals surface area contributed by atoms with Gasteiger partial charge >= 0.3 is 12.4 Å². The fraction of sp³-hybridized carbons (Fsp3) is 0.300. The third-order valence-electron chi connectivity index (χ3n) is 4.73. The number of hydroxylamine groups is 1. The van der Waals surface area contributed by atoms with Crippen LogP contribution in [0.5, 0.6) is 0 Å². The lowest BCUT2D eigenvalue weighted by molar-refractivity contribution is -0.293. The van der Waals surface area contributed by atoms with Gasteiger partial charge in [-0.05, 0) is 36.4 Å². The number of anilines is 1. The molecule has 3 rings (SSSR count). The first-order valence-electron chi connectivity index (χ1n) is 9.14. The minimum atomic E-state index is -4.84. The second kappa shape index (κ2) is 8.08. The van der Waals surface area contributed by atoms with Gasteiger partial charge in [0.1, 0.15) is 5.82 Å². The Bertz CT molecular complexity index is 1050. The molecule has 2 aromatic carbocycles. The summed E-state index contributed by atoms with van der Waals surface area (Å²) < 4.78 is 92.6. The molecule has 172 valence electrons. The van der Waals surface area contributed by atoms with Gasteiger partial charge in [0.15, 0.2) is 5.84 Å². The lowest BCUT2D eigenvalue weighted by atomic mass is 9.99. The second-order valence-electron chi connectivity index (χ2n) is 7.24. The summed E-state index contributed by atoms with van der Waals surface area (Å²) in [5.74, 6) is -3.50. The number of carbonyl (C=O) groups excluding carboxylic acids is 1. The zero-order chi connectivity index (χ0) is 23.9. The van der Waals surface area contributed by atoms with Gasteiger partial charge in [-0.2, -0.15) is 26.3 Å². The number of hydrogen-bond acceptors (Lipinski definition) is 4. The molecule has 1 atom stereocenters. The number of nitrogens with zero attached hydrogens (tertiary/aromatic N) is 1. The van der Waals surface area contributed by atoms with E-state index in [2.05, 4.69) is 15.8 Å². The van der Waals surface area contributed by atoms with E-state index in [1.165, 1.54) is 13.8 Å². The molecule has 0 saturated carbocycles. The van der Waals surface area contributed by atoms with E-state index in [0.717, 1.165) is 42.5 Å². The molecule has 0 radical (unpaired) electrons. The number of amidine groups is 1. The highest BCUT2D eigenvalue weighted by atomic mass is 19.4. The predicted octanol–water partition coefficient (Wildman–Crippen LogP) is 5.29. The fourth-order valence-electron chi connectivity index (χ4n) is 2.94. The van der Waals surface area contributed by atoms with E-state index in [4.69, 9.17) is 4.84 Å². The minimum absolute atomic E-state index is 0.00592. The second-order valence-corrected chi connectivity index (χ2v) is 7.24. The van der Waals surface area contributed by atoms with Crippen molar-refractivity contribution >= 4 is 17.4 Å². The molecule has 0 aliphatic carbocycles. The quantitative estimate of drug-likeness (QED) is 0.606. The van der Waals surface area contributed by atoms with Crippen molar-refractivity contribution in [2.24, 2.45) is 10.9 Å². The zero-order valence-electron chi connectivity index (χ0n) is 16.5. The Morgan fingerprint density at radius 3 is 2.16 bits per heavy atom. The molecule has 1 amide bonds. The predicted molar refractivity (Wildman–Crippen MR) is 100 cm³/mol. The Morgan fingerprint density at radius 1 is 1.06 bits per heavy atom. The van der Waals surface area contributed by atoms with Crippen molar-refractivity contribution in [2.75, 3.05) is 5.32 Å². The summed E-state index contributed by atoms with van der Waals surface area (Å²) in [6.07, 6.45) is -9.39. The summed E-state index contributed by atoms with van der Waals surface area (Å²) in [6.45, 7) is 2.52. The van der Waals surface area contributed by atoms with E-state index in [-0.39, 0.29) is 17.1 Å². The van der Waals surface area contributed by atoms with Gasteiger partial charge in [0.25, 0.3) is 11.6 Å². The molecule has 12 heteroatoms. The van der Waals surface area contributed by atoms with E-state index < -0.39 is 46.8 Å². The largest absolute Gasteiger partial charge is 0.441 e. The van der Waals surface area contributed by atoms with Crippen LogP contribution in [0.25, 0.3) is 0 Å². The average Bonchev–Trinajstić information content (AvgIpc) is 3.14. The molecule has 2 N–H and O–H groups in total. The van der Waals surface area contributed by atoms with E-state index in [0.29, 0.717) is 0 Å². The fourth-order valence-corrected chi connectivity index (χ4v) is 2.94. The lowest BCUT2D eigenvalue weighted by Gasteiger charge is -2.29. The molecule has 1 aliphatic heterocycles. The van der Waals surface area contributed by atoms with Gasteiger partial charge in [-0.1, -0.05) is 19.9 Å². The van der Waals surface area contributed by atoms with Crippen LogP contribution in [0.2, 0.25) is 0 Å². The molecule has 1 unspecified atom stereocenters. The van der Waals surface area contributed by atoms with Crippen LogP contribution >= 0.6 is 0 Å². The Morgan fingerprint density at radius 2 is 1.69 bits per heavy atom. The highest BCUT2D eigenvalue weighted by Gasteiger charge is 2.62. The first kappa shape index (κ1) is 23.5. The Labute approximate surface area is 177 Å². The van der Waals surface area contributed by atoms with Crippen molar-refractivity contribution in [3.63, 3.8) is 0 Å². The maximum absolute atomic E-state index is 14.5. The molecule has 32 heavy (non-hydrogen) atoms. The molecule has 0 fully saturated rings. The number of carbonyl (C=O) groups is 1. The number of alkyl halides is 6. The van der Waals surface area contributed by atoms with E-state index in [1.54, 1.807) is 0 Å². The van der Waals surface area contributed by atoms with Crippen LogP contribution in [-0.2, 0) is 11.0 Å². The Kier molecular flexibility index (Phi) is 5.94. The molecular weight excluding hydrogens is 447 g/mol. The number of rotatable bonds is 4. The first-order valence-corrected chi connectivity index (χ1v) is 9.14. The Balaban J connectivity index is 1.81. The average molecular weight is 463 g/mol. The summed E-state index contributed by atoms with van der Waals surface area (Å²) in [5, 5.41) is 2.25. The van der Waals surface area contributed by atoms with E-state index >= 15 is 0 Å². The SMILES string of the molecule is CC(C)C1(C(F)(F)F)N=C(c2ccc(C(=O)Nc3ccc(C(F)(F)F)cc3)c(F)c2)NO1. The number of hydrogen-bond donors (Lipinski definition) is 2. The first-order chi connectivity index (χ1) is 14.7. The van der Waals surface area contributed by atoms with Crippen LogP contribution in [0.4, 0.5) is 36.4 Å². The van der Waals surface area contributed by atoms with Crippen molar-refractivity contribution in [2.45, 2.75) is 31.9 Å². The maximum atomic E-state index is 14.5. The zero-order valence-corrected chi connectivity index (χ0v) is 16.5. The minimum Gasteiger partial charge on any atom is -0.322 e. The molecule has 1 heterocycles. The molecule has 0 saturated heterocycles. The number of benzene rings is 2. The summed E-state index contributed by atoms with van der Waals surface area (Å²) in [5.41, 5.74) is -2.29. The van der Waals surface area contributed by atoms with Gasteiger partial charge in [0.2, 0.25) is 0 Å². The van der Waals surface area contributed by atoms with Crippen LogP contribution in [0.15, 0.2) is 47.5 Å². The summed E-state index contributed by atoms with van der Waals surface area (Å²) in [4.78, 5) is 20.6. The summed E-state index contributed by atoms with van der Waals surface area (Å²) in [7, 11) is 0. The van der Waals surface area contributed by atoms with Crippen LogP contribution in [0, 0.1) is 11.7 Å². The molecule has 0 aromatic heterocycles. The monoisotopic (exact) mass is 463 g/mol. The van der Waals surface area contributed by atoms with Crippen molar-refractivity contribution < 1.29 is 40.4 Å². The smallest absolute Gasteiger partial charge is 0.322 e. The molecule has 0 bridgehead atoms. The van der Waals surface area contributed by atoms with Gasteiger partial charge in [0, 0.05) is 17.2 Å². The van der Waals surface area contributed by atoms with Crippen molar-refractivity contribution in [1.29, 1.82) is 0 Å². The van der Waals surface area contributed by atoms with Crippen LogP contribution in [0.1, 0.15) is 35.3 Å². The van der Waals surface area contributed by atoms with E-state index in [1.807, 2.05) is 0 Å².